The first-order valence-electron chi connectivity index (χ1n) is 4.64. The van der Waals surface area contributed by atoms with Crippen molar-refractivity contribution < 1.29 is 0 Å². The molecule has 0 atom stereocenters. The van der Waals surface area contributed by atoms with E-state index in [0.29, 0.717) is 6.42 Å². The maximum Gasteiger partial charge on any atom is 0.155 e. The molecule has 0 amide bonds. The van der Waals surface area contributed by atoms with E-state index in [0.717, 1.165) is 11.5 Å². The monoisotopic (exact) mass is 190 g/mol. The highest BCUT2D eigenvalue weighted by atomic mass is 15.3. The first-order chi connectivity index (χ1) is 6.54. The van der Waals surface area contributed by atoms with Crippen LogP contribution in [0.2, 0.25) is 0 Å². The Kier molecular flexibility index (Phi) is 2.00. The van der Waals surface area contributed by atoms with Gasteiger partial charge >= 0.3 is 0 Å². The van der Waals surface area contributed by atoms with Crippen LogP contribution in [0.25, 0.3) is 5.65 Å². The van der Waals surface area contributed by atoms with Crippen molar-refractivity contribution >= 4 is 5.65 Å². The summed E-state index contributed by atoms with van der Waals surface area (Å²) in [4.78, 5) is 4.37. The maximum absolute atomic E-state index is 5.90. The Labute approximate surface area is 82.8 Å². The van der Waals surface area contributed by atoms with Gasteiger partial charge in [-0.25, -0.2) is 9.50 Å². The molecule has 4 nitrogen and oxygen atoms in total. The number of aromatic nitrogens is 3. The molecule has 0 aliphatic carbocycles. The average molecular weight is 190 g/mol. The van der Waals surface area contributed by atoms with Crippen LogP contribution >= 0.6 is 0 Å². The molecule has 2 aromatic heterocycles. The van der Waals surface area contributed by atoms with Crippen LogP contribution in [0.3, 0.4) is 0 Å². The smallest absolute Gasteiger partial charge is 0.155 e. The van der Waals surface area contributed by atoms with E-state index >= 15 is 0 Å². The van der Waals surface area contributed by atoms with E-state index in [1.807, 2.05) is 38.2 Å². The Hall–Kier alpha value is -1.42. The molecule has 0 fully saturated rings. The number of pyridine rings is 1. The van der Waals surface area contributed by atoms with Gasteiger partial charge in [-0.05, 0) is 26.0 Å². The van der Waals surface area contributed by atoms with Gasteiger partial charge in [0.2, 0.25) is 0 Å². The predicted octanol–water partition coefficient (Wildman–Crippen LogP) is 1.01. The molecule has 74 valence electrons. The molecule has 0 saturated carbocycles. The molecule has 2 aromatic rings. The van der Waals surface area contributed by atoms with Gasteiger partial charge in [0, 0.05) is 18.2 Å². The van der Waals surface area contributed by atoms with E-state index in [4.69, 9.17) is 5.73 Å². The van der Waals surface area contributed by atoms with Crippen LogP contribution in [-0.4, -0.2) is 20.1 Å². The van der Waals surface area contributed by atoms with Crippen molar-refractivity contribution in [2.24, 2.45) is 5.73 Å². The fraction of sp³-hybridized carbons (Fsp3) is 0.400. The number of nitrogens with two attached hydrogens (primary N) is 1. The number of rotatable bonds is 2. The van der Waals surface area contributed by atoms with Crippen molar-refractivity contribution in [1.82, 2.24) is 14.6 Å². The zero-order chi connectivity index (χ0) is 10.2. The second-order valence-electron chi connectivity index (χ2n) is 4.20. The minimum atomic E-state index is -0.259. The first kappa shape index (κ1) is 9.15. The normalized spacial score (nSPS) is 12.2. The standard InChI is InChI=1S/C10H14N4/c1-10(2,11)7-8-12-9-5-3-4-6-14(9)13-8/h3-6H,7,11H2,1-2H3. The van der Waals surface area contributed by atoms with Crippen molar-refractivity contribution in [3.63, 3.8) is 0 Å². The van der Waals surface area contributed by atoms with E-state index < -0.39 is 0 Å². The molecule has 0 radical (unpaired) electrons. The van der Waals surface area contributed by atoms with Crippen molar-refractivity contribution in [1.29, 1.82) is 0 Å². The molecule has 0 unspecified atom stereocenters. The second kappa shape index (κ2) is 3.06. The molecule has 0 saturated heterocycles. The molecule has 2 N–H and O–H groups in total. The summed E-state index contributed by atoms with van der Waals surface area (Å²) in [6.45, 7) is 3.94. The summed E-state index contributed by atoms with van der Waals surface area (Å²) in [5.74, 6) is 0.795. The molecule has 2 heterocycles. The molecule has 2 rings (SSSR count). The molecule has 14 heavy (non-hydrogen) atoms. The Morgan fingerprint density at radius 3 is 2.86 bits per heavy atom. The number of hydrogen-bond acceptors (Lipinski definition) is 3. The van der Waals surface area contributed by atoms with E-state index in [2.05, 4.69) is 10.1 Å². The van der Waals surface area contributed by atoms with Crippen molar-refractivity contribution in [3.05, 3.63) is 30.2 Å². The van der Waals surface area contributed by atoms with Crippen molar-refractivity contribution in [2.75, 3.05) is 0 Å². The van der Waals surface area contributed by atoms with Crippen LogP contribution in [0.4, 0.5) is 0 Å². The molecule has 0 spiro atoms. The Morgan fingerprint density at radius 2 is 2.21 bits per heavy atom. The number of nitrogens with zero attached hydrogens (tertiary/aromatic N) is 3. The van der Waals surface area contributed by atoms with E-state index in [-0.39, 0.29) is 5.54 Å². The lowest BCUT2D eigenvalue weighted by Gasteiger charge is -2.14. The highest BCUT2D eigenvalue weighted by molar-refractivity contribution is 5.36. The summed E-state index contributed by atoms with van der Waals surface area (Å²) >= 11 is 0. The topological polar surface area (TPSA) is 56.2 Å². The van der Waals surface area contributed by atoms with Gasteiger partial charge < -0.3 is 5.73 Å². The van der Waals surface area contributed by atoms with Crippen LogP contribution in [0, 0.1) is 0 Å². The second-order valence-corrected chi connectivity index (χ2v) is 4.20. The van der Waals surface area contributed by atoms with Crippen LogP contribution in [-0.2, 0) is 6.42 Å². The van der Waals surface area contributed by atoms with Gasteiger partial charge in [-0.3, -0.25) is 0 Å². The van der Waals surface area contributed by atoms with E-state index in [9.17, 15) is 0 Å². The molecule has 0 aliphatic heterocycles. The fourth-order valence-electron chi connectivity index (χ4n) is 1.36. The summed E-state index contributed by atoms with van der Waals surface area (Å²) in [5, 5.41) is 4.32. The SMILES string of the molecule is CC(C)(N)Cc1nc2ccccn2n1. The number of fused-ring (bicyclic) bond motifs is 1. The van der Waals surface area contributed by atoms with E-state index in [1.165, 1.54) is 0 Å². The molecule has 0 bridgehead atoms. The van der Waals surface area contributed by atoms with Gasteiger partial charge in [-0.15, -0.1) is 0 Å². The lowest BCUT2D eigenvalue weighted by atomic mass is 10.0. The molecule has 0 aromatic carbocycles. The van der Waals surface area contributed by atoms with Crippen LogP contribution in [0.5, 0.6) is 0 Å². The minimum absolute atomic E-state index is 0.259. The van der Waals surface area contributed by atoms with Gasteiger partial charge in [0.15, 0.2) is 11.5 Å². The first-order valence-corrected chi connectivity index (χ1v) is 4.64. The van der Waals surface area contributed by atoms with Crippen LogP contribution < -0.4 is 5.73 Å². The molecular formula is C10H14N4. The van der Waals surface area contributed by atoms with Gasteiger partial charge in [0.25, 0.3) is 0 Å². The summed E-state index contributed by atoms with van der Waals surface area (Å²) < 4.78 is 1.76. The Morgan fingerprint density at radius 1 is 1.43 bits per heavy atom. The lowest BCUT2D eigenvalue weighted by Crippen LogP contribution is -2.34. The third-order valence-electron chi connectivity index (χ3n) is 1.90. The van der Waals surface area contributed by atoms with Gasteiger partial charge in [0.1, 0.15) is 0 Å². The summed E-state index contributed by atoms with van der Waals surface area (Å²) in [5.41, 5.74) is 6.51. The zero-order valence-electron chi connectivity index (χ0n) is 8.44. The molecule has 0 aliphatic rings. The number of hydrogen-bond donors (Lipinski definition) is 1. The zero-order valence-corrected chi connectivity index (χ0v) is 8.44. The van der Waals surface area contributed by atoms with Crippen LogP contribution in [0.1, 0.15) is 19.7 Å². The molecular weight excluding hydrogens is 176 g/mol. The van der Waals surface area contributed by atoms with Gasteiger partial charge in [-0.2, -0.15) is 5.10 Å². The molecule has 4 heteroatoms. The maximum atomic E-state index is 5.90. The van der Waals surface area contributed by atoms with E-state index in [1.54, 1.807) is 4.52 Å². The van der Waals surface area contributed by atoms with Crippen LogP contribution in [0.15, 0.2) is 24.4 Å². The lowest BCUT2D eigenvalue weighted by molar-refractivity contribution is 0.502. The Balaban J connectivity index is 2.36. The Bertz CT molecular complexity index is 406. The summed E-state index contributed by atoms with van der Waals surface area (Å²) in [7, 11) is 0. The summed E-state index contributed by atoms with van der Waals surface area (Å²) in [6, 6.07) is 5.81. The average Bonchev–Trinajstić information content (AvgIpc) is 2.42. The van der Waals surface area contributed by atoms with Crippen molar-refractivity contribution in [3.8, 4) is 0 Å². The quantitative estimate of drug-likeness (QED) is 0.768. The fourth-order valence-corrected chi connectivity index (χ4v) is 1.36. The third kappa shape index (κ3) is 1.90. The van der Waals surface area contributed by atoms with Gasteiger partial charge in [0.05, 0.1) is 0 Å². The highest BCUT2D eigenvalue weighted by Crippen LogP contribution is 2.07. The summed E-state index contributed by atoms with van der Waals surface area (Å²) in [6.07, 6.45) is 2.57. The van der Waals surface area contributed by atoms with Crippen molar-refractivity contribution in [2.45, 2.75) is 25.8 Å². The largest absolute Gasteiger partial charge is 0.325 e. The highest BCUT2D eigenvalue weighted by Gasteiger charge is 2.15. The van der Waals surface area contributed by atoms with Gasteiger partial charge in [-0.1, -0.05) is 6.07 Å². The minimum Gasteiger partial charge on any atom is -0.325 e. The third-order valence-corrected chi connectivity index (χ3v) is 1.90. The predicted molar refractivity (Wildman–Crippen MR) is 55.0 cm³/mol.